The largest absolute Gasteiger partial charge is 0.416 e. The Morgan fingerprint density at radius 3 is 2.53 bits per heavy atom. The van der Waals surface area contributed by atoms with Gasteiger partial charge in [-0.05, 0) is 25.0 Å². The molecule has 92 valence electrons. The lowest BCUT2D eigenvalue weighted by Gasteiger charge is -2.15. The highest BCUT2D eigenvalue weighted by Gasteiger charge is 2.57. The Hall–Kier alpha value is -0.940. The van der Waals surface area contributed by atoms with Crippen LogP contribution in [0.2, 0.25) is 5.02 Å². The molecule has 1 aliphatic heterocycles. The smallest absolute Gasteiger partial charge is 0.386 e. The maximum atomic E-state index is 12.8. The molecule has 0 aromatic heterocycles. The molecule has 0 bridgehead atoms. The van der Waals surface area contributed by atoms with Crippen LogP contribution in [0.15, 0.2) is 12.1 Å². The molecule has 1 aliphatic carbocycles. The summed E-state index contributed by atoms with van der Waals surface area (Å²) in [5.74, 6) is 0. The van der Waals surface area contributed by atoms with Crippen LogP contribution in [-0.2, 0) is 6.18 Å². The molecule has 1 spiro atoms. The maximum Gasteiger partial charge on any atom is 0.416 e. The molecule has 2 nitrogen and oxygen atoms in total. The van der Waals surface area contributed by atoms with Crippen LogP contribution in [0.5, 0.6) is 0 Å². The second-order valence-electron chi connectivity index (χ2n) is 4.57. The first-order chi connectivity index (χ1) is 7.85. The van der Waals surface area contributed by atoms with Crippen molar-refractivity contribution in [2.45, 2.75) is 30.7 Å². The maximum absolute atomic E-state index is 12.8. The van der Waals surface area contributed by atoms with Crippen LogP contribution in [0.4, 0.5) is 18.9 Å². The summed E-state index contributed by atoms with van der Waals surface area (Å²) in [6.07, 6.45) is -4.28. The van der Waals surface area contributed by atoms with E-state index in [1.807, 2.05) is 0 Å². The first-order valence-electron chi connectivity index (χ1n) is 5.21. The van der Waals surface area contributed by atoms with Crippen molar-refractivity contribution in [3.63, 3.8) is 0 Å². The van der Waals surface area contributed by atoms with Crippen molar-refractivity contribution in [3.05, 3.63) is 28.3 Å². The van der Waals surface area contributed by atoms with E-state index >= 15 is 0 Å². The Morgan fingerprint density at radius 1 is 1.35 bits per heavy atom. The molecular formula is C11H9ClF3NO. The normalized spacial score (nSPS) is 24.6. The minimum absolute atomic E-state index is 0.109. The van der Waals surface area contributed by atoms with Crippen molar-refractivity contribution < 1.29 is 18.3 Å². The van der Waals surface area contributed by atoms with Gasteiger partial charge in [0.2, 0.25) is 0 Å². The molecule has 1 heterocycles. The Bertz CT molecular complexity index is 496. The molecule has 2 aliphatic rings. The van der Waals surface area contributed by atoms with Crippen LogP contribution in [0.1, 0.15) is 30.1 Å². The highest BCUT2D eigenvalue weighted by atomic mass is 35.5. The zero-order chi connectivity index (χ0) is 12.4. The number of aliphatic hydroxyl groups is 1. The number of alkyl halides is 3. The van der Waals surface area contributed by atoms with Crippen LogP contribution in [0.3, 0.4) is 0 Å². The molecule has 1 atom stereocenters. The molecule has 0 amide bonds. The van der Waals surface area contributed by atoms with Crippen molar-refractivity contribution in [2.75, 3.05) is 5.32 Å². The van der Waals surface area contributed by atoms with Crippen molar-refractivity contribution >= 4 is 17.3 Å². The number of hydrogen-bond donors (Lipinski definition) is 2. The molecule has 2 N–H and O–H groups in total. The fourth-order valence-electron chi connectivity index (χ4n) is 2.38. The van der Waals surface area contributed by atoms with Crippen LogP contribution in [0.25, 0.3) is 0 Å². The number of nitrogens with one attached hydrogen (secondary N) is 1. The SMILES string of the molecule is OC1c2c(C(F)(F)F)ccc(Cl)c2NC12CC2. The Labute approximate surface area is 100 Å². The Morgan fingerprint density at radius 2 is 2.00 bits per heavy atom. The molecule has 3 rings (SSSR count). The number of benzene rings is 1. The molecule has 0 radical (unpaired) electrons. The van der Waals surface area contributed by atoms with Crippen molar-refractivity contribution in [1.82, 2.24) is 0 Å². The van der Waals surface area contributed by atoms with Gasteiger partial charge >= 0.3 is 6.18 Å². The van der Waals surface area contributed by atoms with E-state index in [1.165, 1.54) is 6.07 Å². The standard InChI is InChI=1S/C11H9ClF3NO/c12-6-2-1-5(11(13,14)15)7-8(6)16-10(3-4-10)9(7)17/h1-2,9,16-17H,3-4H2. The summed E-state index contributed by atoms with van der Waals surface area (Å²) in [4.78, 5) is 0. The van der Waals surface area contributed by atoms with E-state index in [1.54, 1.807) is 0 Å². The zero-order valence-corrected chi connectivity index (χ0v) is 9.36. The summed E-state index contributed by atoms with van der Waals surface area (Å²) < 4.78 is 38.5. The Balaban J connectivity index is 2.21. The van der Waals surface area contributed by atoms with Gasteiger partial charge in [-0.2, -0.15) is 13.2 Å². The molecule has 17 heavy (non-hydrogen) atoms. The van der Waals surface area contributed by atoms with E-state index in [4.69, 9.17) is 11.6 Å². The predicted octanol–water partition coefficient (Wildman–Crippen LogP) is 3.35. The minimum Gasteiger partial charge on any atom is -0.386 e. The van der Waals surface area contributed by atoms with E-state index < -0.39 is 23.4 Å². The molecule has 1 aromatic carbocycles. The van der Waals surface area contributed by atoms with Crippen molar-refractivity contribution in [2.24, 2.45) is 0 Å². The average molecular weight is 264 g/mol. The third-order valence-electron chi connectivity index (χ3n) is 3.46. The van der Waals surface area contributed by atoms with Crippen molar-refractivity contribution in [1.29, 1.82) is 0 Å². The molecular weight excluding hydrogens is 255 g/mol. The summed E-state index contributed by atoms with van der Waals surface area (Å²) in [5, 5.41) is 13.2. The average Bonchev–Trinajstić information content (AvgIpc) is 2.93. The van der Waals surface area contributed by atoms with E-state index in [0.717, 1.165) is 6.07 Å². The number of hydrogen-bond acceptors (Lipinski definition) is 2. The fourth-order valence-corrected chi connectivity index (χ4v) is 2.59. The Kier molecular flexibility index (Phi) is 2.03. The first kappa shape index (κ1) is 11.2. The number of rotatable bonds is 0. The molecule has 1 fully saturated rings. The number of halogens is 4. The molecule has 1 unspecified atom stereocenters. The molecule has 1 aromatic rings. The summed E-state index contributed by atoms with van der Waals surface area (Å²) in [7, 11) is 0. The van der Waals surface area contributed by atoms with Gasteiger partial charge in [-0.3, -0.25) is 0 Å². The lowest BCUT2D eigenvalue weighted by atomic mass is 9.99. The summed E-state index contributed by atoms with van der Waals surface area (Å²) in [6.45, 7) is 0. The van der Waals surface area contributed by atoms with Gasteiger partial charge in [0, 0.05) is 5.56 Å². The quantitative estimate of drug-likeness (QED) is 0.752. The van der Waals surface area contributed by atoms with E-state index in [0.29, 0.717) is 12.8 Å². The van der Waals surface area contributed by atoms with Gasteiger partial charge in [-0.25, -0.2) is 0 Å². The highest BCUT2D eigenvalue weighted by Crippen LogP contribution is 2.58. The lowest BCUT2D eigenvalue weighted by molar-refractivity contribution is -0.139. The van der Waals surface area contributed by atoms with Crippen molar-refractivity contribution in [3.8, 4) is 0 Å². The summed E-state index contributed by atoms with van der Waals surface area (Å²) >= 11 is 5.87. The fraction of sp³-hybridized carbons (Fsp3) is 0.455. The van der Waals surface area contributed by atoms with E-state index in [2.05, 4.69) is 5.32 Å². The zero-order valence-electron chi connectivity index (χ0n) is 8.61. The first-order valence-corrected chi connectivity index (χ1v) is 5.59. The molecule has 6 heteroatoms. The van der Waals surface area contributed by atoms with Gasteiger partial charge in [0.15, 0.2) is 0 Å². The lowest BCUT2D eigenvalue weighted by Crippen LogP contribution is -2.22. The topological polar surface area (TPSA) is 32.3 Å². The van der Waals surface area contributed by atoms with E-state index in [9.17, 15) is 18.3 Å². The van der Waals surface area contributed by atoms with Gasteiger partial charge in [-0.1, -0.05) is 11.6 Å². The van der Waals surface area contributed by atoms with Crippen LogP contribution in [0, 0.1) is 0 Å². The third kappa shape index (κ3) is 1.45. The van der Waals surface area contributed by atoms with Gasteiger partial charge in [-0.15, -0.1) is 0 Å². The monoisotopic (exact) mass is 263 g/mol. The van der Waals surface area contributed by atoms with Crippen LogP contribution in [-0.4, -0.2) is 10.6 Å². The van der Waals surface area contributed by atoms with Gasteiger partial charge < -0.3 is 10.4 Å². The second-order valence-corrected chi connectivity index (χ2v) is 4.97. The molecule has 0 saturated heterocycles. The third-order valence-corrected chi connectivity index (χ3v) is 3.77. The second kappa shape index (κ2) is 3.09. The summed E-state index contributed by atoms with van der Waals surface area (Å²) in [5.41, 5.74) is -1.30. The highest BCUT2D eigenvalue weighted by molar-refractivity contribution is 6.33. The van der Waals surface area contributed by atoms with Gasteiger partial charge in [0.05, 0.1) is 21.8 Å². The van der Waals surface area contributed by atoms with Gasteiger partial charge in [0.25, 0.3) is 0 Å². The molecule has 1 saturated carbocycles. The summed E-state index contributed by atoms with van der Waals surface area (Å²) in [6, 6.07) is 2.14. The number of aliphatic hydroxyl groups excluding tert-OH is 1. The van der Waals surface area contributed by atoms with E-state index in [-0.39, 0.29) is 16.3 Å². The predicted molar refractivity (Wildman–Crippen MR) is 57.0 cm³/mol. The minimum atomic E-state index is -4.47. The van der Waals surface area contributed by atoms with Crippen LogP contribution < -0.4 is 5.32 Å². The number of anilines is 1. The van der Waals surface area contributed by atoms with Crippen LogP contribution >= 0.6 is 11.6 Å². The van der Waals surface area contributed by atoms with Gasteiger partial charge in [0.1, 0.15) is 6.10 Å². The number of fused-ring (bicyclic) bond motifs is 1.